The van der Waals surface area contributed by atoms with Crippen LogP contribution in [0.5, 0.6) is 0 Å². The van der Waals surface area contributed by atoms with Gasteiger partial charge in [-0.1, -0.05) is 24.3 Å². The zero-order chi connectivity index (χ0) is 33.2. The highest BCUT2D eigenvalue weighted by atomic mass is 16.6. The van der Waals surface area contributed by atoms with Gasteiger partial charge in [0.05, 0.1) is 11.7 Å². The van der Waals surface area contributed by atoms with E-state index >= 15 is 0 Å². The van der Waals surface area contributed by atoms with E-state index in [0.717, 1.165) is 71.6 Å². The van der Waals surface area contributed by atoms with E-state index in [1.165, 1.54) is 12.8 Å². The Bertz CT molecular complexity index is 1630. The molecule has 0 bridgehead atoms. The first-order chi connectivity index (χ1) is 23.3. The molecule has 11 nitrogen and oxygen atoms in total. The zero-order valence-electron chi connectivity index (χ0n) is 28.3. The van der Waals surface area contributed by atoms with Crippen molar-refractivity contribution in [1.82, 2.24) is 29.8 Å². The molecular formula is C37H49N7O4. The normalized spacial score (nSPS) is 20.7. The number of nitrogens with zero attached hydrogens (tertiary/aromatic N) is 5. The summed E-state index contributed by atoms with van der Waals surface area (Å²) in [5, 5.41) is 12.0. The minimum atomic E-state index is -0.908. The minimum Gasteiger partial charge on any atom is -0.436 e. The molecule has 11 heteroatoms. The predicted octanol–water partition coefficient (Wildman–Crippen LogP) is 4.72. The molecule has 3 fully saturated rings. The molecule has 3 aromatic rings. The number of piperidine rings is 3. The number of ether oxygens (including phenoxy) is 1. The maximum atomic E-state index is 14.1. The van der Waals surface area contributed by atoms with Crippen molar-refractivity contribution in [2.75, 3.05) is 51.1 Å². The lowest BCUT2D eigenvalue weighted by Gasteiger charge is -2.39. The number of likely N-dealkylation sites (tertiary alicyclic amines) is 2. The SMILES string of the molecule is Cc1cc(C[C@@H](OC(=O)N2CCC(N3CCc4ccccc4NC3=O)CC2)C(=O)N2CCC(C3CCNCC3)CC2)cc2cnn(C)c12. The first kappa shape index (κ1) is 32.4. The molecule has 0 saturated carbocycles. The van der Waals surface area contributed by atoms with Gasteiger partial charge in [-0.25, -0.2) is 9.59 Å². The molecule has 3 saturated heterocycles. The molecular weight excluding hydrogens is 606 g/mol. The van der Waals surface area contributed by atoms with Crippen molar-refractivity contribution >= 4 is 34.6 Å². The number of hydrogen-bond acceptors (Lipinski definition) is 6. The molecule has 0 spiro atoms. The van der Waals surface area contributed by atoms with E-state index in [0.29, 0.717) is 57.9 Å². The predicted molar refractivity (Wildman–Crippen MR) is 185 cm³/mol. The van der Waals surface area contributed by atoms with Crippen LogP contribution in [0.3, 0.4) is 0 Å². The molecule has 4 amide bonds. The number of hydrogen-bond donors (Lipinski definition) is 2. The van der Waals surface area contributed by atoms with Gasteiger partial charge >= 0.3 is 12.1 Å². The Morgan fingerprint density at radius 2 is 1.65 bits per heavy atom. The second kappa shape index (κ2) is 14.2. The van der Waals surface area contributed by atoms with Crippen molar-refractivity contribution < 1.29 is 19.1 Å². The van der Waals surface area contributed by atoms with Crippen LogP contribution >= 0.6 is 0 Å². The van der Waals surface area contributed by atoms with Crippen molar-refractivity contribution in [1.29, 1.82) is 0 Å². The van der Waals surface area contributed by atoms with E-state index < -0.39 is 12.2 Å². The highest BCUT2D eigenvalue weighted by molar-refractivity contribution is 5.91. The number of amides is 4. The van der Waals surface area contributed by atoms with Crippen molar-refractivity contribution in [3.8, 4) is 0 Å². The molecule has 2 N–H and O–H groups in total. The van der Waals surface area contributed by atoms with E-state index in [2.05, 4.69) is 40.9 Å². The first-order valence-electron chi connectivity index (χ1n) is 17.9. The molecule has 256 valence electrons. The lowest BCUT2D eigenvalue weighted by atomic mass is 9.79. The zero-order valence-corrected chi connectivity index (χ0v) is 28.3. The summed E-state index contributed by atoms with van der Waals surface area (Å²) in [6.45, 7) is 7.22. The maximum absolute atomic E-state index is 14.1. The van der Waals surface area contributed by atoms with Gasteiger partial charge in [-0.15, -0.1) is 0 Å². The highest BCUT2D eigenvalue weighted by Crippen LogP contribution is 2.32. The van der Waals surface area contributed by atoms with E-state index in [1.54, 1.807) is 4.90 Å². The van der Waals surface area contributed by atoms with Gasteiger partial charge in [-0.05, 0) is 106 Å². The minimum absolute atomic E-state index is 0.0382. The largest absolute Gasteiger partial charge is 0.436 e. The number of nitrogens with one attached hydrogen (secondary N) is 2. The number of rotatable bonds is 6. The number of fused-ring (bicyclic) bond motifs is 2. The fraction of sp³-hybridized carbons (Fsp3) is 0.568. The number of urea groups is 1. The van der Waals surface area contributed by atoms with Gasteiger partial charge in [-0.3, -0.25) is 9.48 Å². The third-order valence-electron chi connectivity index (χ3n) is 11.2. The van der Waals surface area contributed by atoms with Gasteiger partial charge in [0.15, 0.2) is 6.10 Å². The lowest BCUT2D eigenvalue weighted by Crippen LogP contribution is -2.52. The Kier molecular flexibility index (Phi) is 9.57. The van der Waals surface area contributed by atoms with Gasteiger partial charge < -0.3 is 30.1 Å². The van der Waals surface area contributed by atoms with E-state index in [-0.39, 0.29) is 18.0 Å². The molecule has 2 aromatic carbocycles. The van der Waals surface area contributed by atoms with Gasteiger partial charge in [0, 0.05) is 63.3 Å². The third-order valence-corrected chi connectivity index (χ3v) is 11.2. The van der Waals surface area contributed by atoms with Crippen LogP contribution in [0.25, 0.3) is 10.9 Å². The quantitative estimate of drug-likeness (QED) is 0.398. The second-order valence-corrected chi connectivity index (χ2v) is 14.2. The first-order valence-corrected chi connectivity index (χ1v) is 17.9. The summed E-state index contributed by atoms with van der Waals surface area (Å²) in [5.41, 5.74) is 5.10. The third kappa shape index (κ3) is 6.88. The Hall–Kier alpha value is -4.12. The second-order valence-electron chi connectivity index (χ2n) is 14.2. The molecule has 5 heterocycles. The van der Waals surface area contributed by atoms with E-state index in [9.17, 15) is 14.4 Å². The summed E-state index contributed by atoms with van der Waals surface area (Å²) >= 11 is 0. The number of para-hydroxylation sites is 1. The Labute approximate surface area is 282 Å². The Balaban J connectivity index is 1.01. The molecule has 0 radical (unpaired) electrons. The van der Waals surface area contributed by atoms with Crippen LogP contribution in [0.15, 0.2) is 42.6 Å². The van der Waals surface area contributed by atoms with Crippen LogP contribution in [-0.2, 0) is 29.4 Å². The van der Waals surface area contributed by atoms with Gasteiger partial charge in [0.2, 0.25) is 0 Å². The summed E-state index contributed by atoms with van der Waals surface area (Å²) in [4.78, 5) is 46.5. The average molecular weight is 656 g/mol. The molecule has 4 aliphatic rings. The van der Waals surface area contributed by atoms with Gasteiger partial charge in [-0.2, -0.15) is 5.10 Å². The van der Waals surface area contributed by atoms with Crippen molar-refractivity contribution in [3.05, 3.63) is 59.3 Å². The number of aryl methyl sites for hydroxylation is 2. The smallest absolute Gasteiger partial charge is 0.410 e. The van der Waals surface area contributed by atoms with Crippen molar-refractivity contribution in [3.63, 3.8) is 0 Å². The number of carbonyl (C=O) groups excluding carboxylic acids is 3. The summed E-state index contributed by atoms with van der Waals surface area (Å²) in [5.74, 6) is 1.27. The molecule has 0 aliphatic carbocycles. The molecule has 1 atom stereocenters. The molecule has 48 heavy (non-hydrogen) atoms. The maximum Gasteiger partial charge on any atom is 0.410 e. The lowest BCUT2D eigenvalue weighted by molar-refractivity contribution is -0.142. The number of aromatic nitrogens is 2. The topological polar surface area (TPSA) is 112 Å². The van der Waals surface area contributed by atoms with Crippen molar-refractivity contribution in [2.24, 2.45) is 18.9 Å². The summed E-state index contributed by atoms with van der Waals surface area (Å²) in [7, 11) is 1.93. The number of benzene rings is 2. The summed E-state index contributed by atoms with van der Waals surface area (Å²) in [6.07, 6.45) is 7.34. The molecule has 4 aliphatic heterocycles. The van der Waals surface area contributed by atoms with E-state index in [4.69, 9.17) is 4.74 Å². The monoisotopic (exact) mass is 655 g/mol. The molecule has 0 unspecified atom stereocenters. The molecule has 7 rings (SSSR count). The fourth-order valence-electron chi connectivity index (χ4n) is 8.55. The molecule has 1 aromatic heterocycles. The Morgan fingerprint density at radius 1 is 0.938 bits per heavy atom. The summed E-state index contributed by atoms with van der Waals surface area (Å²) in [6, 6.07) is 12.0. The van der Waals surface area contributed by atoms with Crippen LogP contribution in [0.2, 0.25) is 0 Å². The average Bonchev–Trinajstić information content (AvgIpc) is 3.40. The standard InChI is InChI=1S/C37H49N7O4/c1-25-21-26(22-30-24-39-41(2)34(25)30)23-33(35(45)42-16-9-28(10-17-42)27-7-14-38-15-8-27)48-37(47)43-18-12-31(13-19-43)44-20-11-29-5-3-4-6-32(29)40-36(44)46/h3-6,21-22,24,27-28,31,33,38H,7-20,23H2,1-2H3,(H,40,46)/t33-/m1/s1. The summed E-state index contributed by atoms with van der Waals surface area (Å²) < 4.78 is 8.01. The van der Waals surface area contributed by atoms with Crippen LogP contribution in [-0.4, -0.2) is 100 Å². The van der Waals surface area contributed by atoms with Crippen LogP contribution in [0.4, 0.5) is 15.3 Å². The number of carbonyl (C=O) groups is 3. The van der Waals surface area contributed by atoms with E-state index in [1.807, 2.05) is 45.9 Å². The van der Waals surface area contributed by atoms with Crippen molar-refractivity contribution in [2.45, 2.75) is 70.4 Å². The highest BCUT2D eigenvalue weighted by Gasteiger charge is 2.36. The fourth-order valence-corrected chi connectivity index (χ4v) is 8.55. The van der Waals surface area contributed by atoms with Crippen LogP contribution < -0.4 is 10.6 Å². The van der Waals surface area contributed by atoms with Gasteiger partial charge in [0.25, 0.3) is 5.91 Å². The van der Waals surface area contributed by atoms with Crippen LogP contribution in [0, 0.1) is 18.8 Å². The number of anilines is 1. The Morgan fingerprint density at radius 3 is 2.42 bits per heavy atom. The van der Waals surface area contributed by atoms with Gasteiger partial charge in [0.1, 0.15) is 0 Å². The van der Waals surface area contributed by atoms with Crippen LogP contribution in [0.1, 0.15) is 55.2 Å².